The number of halogens is 2. The summed E-state index contributed by atoms with van der Waals surface area (Å²) < 4.78 is 56.0. The molecule has 3 rings (SSSR count). The van der Waals surface area contributed by atoms with Crippen molar-refractivity contribution in [1.82, 2.24) is 14.9 Å². The maximum Gasteiger partial charge on any atom is 0.387 e. The van der Waals surface area contributed by atoms with E-state index in [9.17, 15) is 26.8 Å². The number of sulfonamides is 1. The Balaban J connectivity index is 1.73. The van der Waals surface area contributed by atoms with E-state index in [1.54, 1.807) is 6.07 Å². The fourth-order valence-corrected chi connectivity index (χ4v) is 4.35. The van der Waals surface area contributed by atoms with E-state index < -0.39 is 28.4 Å². The number of nitrogens with one attached hydrogen (secondary N) is 2. The summed E-state index contributed by atoms with van der Waals surface area (Å²) >= 11 is 0. The van der Waals surface area contributed by atoms with Crippen LogP contribution in [0.4, 0.5) is 8.78 Å². The molecule has 2 N–H and O–H groups in total. The molecule has 160 valence electrons. The smallest absolute Gasteiger partial charge is 0.387 e. The van der Waals surface area contributed by atoms with E-state index in [1.165, 1.54) is 42.5 Å². The molecule has 11 heteroatoms. The third kappa shape index (κ3) is 5.10. The summed E-state index contributed by atoms with van der Waals surface area (Å²) in [5, 5.41) is 5.11. The van der Waals surface area contributed by atoms with Gasteiger partial charge in [0, 0.05) is 30.8 Å². The Bertz CT molecular complexity index is 1050. The van der Waals surface area contributed by atoms with E-state index in [0.29, 0.717) is 5.56 Å². The van der Waals surface area contributed by atoms with Crippen LogP contribution < -0.4 is 15.4 Å². The molecule has 30 heavy (non-hydrogen) atoms. The number of alkyl halides is 2. The molecule has 0 unspecified atom stereocenters. The minimum absolute atomic E-state index is 0.0625. The fraction of sp³-hybridized carbons (Fsp3) is 0.263. The van der Waals surface area contributed by atoms with Crippen LogP contribution in [-0.2, 0) is 21.4 Å². The minimum Gasteiger partial charge on any atom is -0.434 e. The first-order valence-corrected chi connectivity index (χ1v) is 10.4. The Morgan fingerprint density at radius 2 is 1.97 bits per heavy atom. The molecule has 1 aliphatic heterocycles. The number of nitrogens with zero attached hydrogens (tertiary/aromatic N) is 1. The topological polar surface area (TPSA) is 105 Å². The highest BCUT2D eigenvalue weighted by Crippen LogP contribution is 2.21. The molecule has 2 aromatic rings. The van der Waals surface area contributed by atoms with Crippen LogP contribution in [0.2, 0.25) is 0 Å². The normalized spacial score (nSPS) is 15.0. The highest BCUT2D eigenvalue weighted by molar-refractivity contribution is 7.89. The van der Waals surface area contributed by atoms with E-state index in [0.717, 1.165) is 4.31 Å². The second kappa shape index (κ2) is 9.18. The van der Waals surface area contributed by atoms with Gasteiger partial charge in [0.25, 0.3) is 5.91 Å². The maximum absolute atomic E-state index is 12.8. The molecule has 1 aliphatic rings. The van der Waals surface area contributed by atoms with Gasteiger partial charge in [0.1, 0.15) is 5.75 Å². The van der Waals surface area contributed by atoms with Gasteiger partial charge in [0.2, 0.25) is 15.9 Å². The summed E-state index contributed by atoms with van der Waals surface area (Å²) in [5.41, 5.74) is 0.416. The quantitative estimate of drug-likeness (QED) is 0.678. The largest absolute Gasteiger partial charge is 0.434 e. The maximum atomic E-state index is 12.8. The molecular weight excluding hydrogens is 420 g/mol. The zero-order chi connectivity index (χ0) is 21.7. The molecule has 0 radical (unpaired) electrons. The lowest BCUT2D eigenvalue weighted by Gasteiger charge is -2.26. The van der Waals surface area contributed by atoms with Crippen LogP contribution >= 0.6 is 0 Å². The monoisotopic (exact) mass is 439 g/mol. The van der Waals surface area contributed by atoms with Crippen LogP contribution in [-0.4, -0.2) is 50.8 Å². The molecule has 0 aliphatic carbocycles. The SMILES string of the molecule is O=C1CN(S(=O)(=O)c2cccc(C(=O)NCc3ccccc3OC(F)F)c2)CCN1. The second-order valence-corrected chi connectivity index (χ2v) is 8.32. The summed E-state index contributed by atoms with van der Waals surface area (Å²) in [4.78, 5) is 23.9. The molecular formula is C19H19F2N3O5S. The summed E-state index contributed by atoms with van der Waals surface area (Å²) in [5.74, 6) is -1.05. The number of piperazine rings is 1. The number of amides is 2. The van der Waals surface area contributed by atoms with Crippen molar-refractivity contribution in [2.45, 2.75) is 18.1 Å². The summed E-state index contributed by atoms with van der Waals surface area (Å²) in [6.07, 6.45) is 0. The Hall–Kier alpha value is -3.05. The lowest BCUT2D eigenvalue weighted by atomic mass is 10.1. The standard InChI is InChI=1S/C19H19F2N3O5S/c20-19(21)29-16-7-2-1-4-14(16)11-23-18(26)13-5-3-6-15(10-13)30(27,28)24-9-8-22-17(25)12-24/h1-7,10,19H,8-9,11-12H2,(H,22,25)(H,23,26). The molecule has 0 spiro atoms. The van der Waals surface area contributed by atoms with Gasteiger partial charge in [0.15, 0.2) is 0 Å². The van der Waals surface area contributed by atoms with Crippen molar-refractivity contribution in [3.05, 3.63) is 59.7 Å². The molecule has 1 heterocycles. The van der Waals surface area contributed by atoms with Crippen LogP contribution in [0.1, 0.15) is 15.9 Å². The molecule has 0 saturated carbocycles. The first-order valence-electron chi connectivity index (χ1n) is 8.95. The van der Waals surface area contributed by atoms with Gasteiger partial charge in [-0.3, -0.25) is 9.59 Å². The van der Waals surface area contributed by atoms with E-state index in [-0.39, 0.29) is 42.4 Å². The first-order chi connectivity index (χ1) is 14.3. The zero-order valence-electron chi connectivity index (χ0n) is 15.7. The van der Waals surface area contributed by atoms with Crippen molar-refractivity contribution in [3.8, 4) is 5.75 Å². The van der Waals surface area contributed by atoms with Crippen molar-refractivity contribution in [2.75, 3.05) is 19.6 Å². The van der Waals surface area contributed by atoms with Crippen molar-refractivity contribution in [1.29, 1.82) is 0 Å². The predicted octanol–water partition coefficient (Wildman–Crippen LogP) is 1.34. The predicted molar refractivity (Wildman–Crippen MR) is 102 cm³/mol. The highest BCUT2D eigenvalue weighted by atomic mass is 32.2. The Morgan fingerprint density at radius 1 is 1.20 bits per heavy atom. The van der Waals surface area contributed by atoms with Gasteiger partial charge in [-0.1, -0.05) is 24.3 Å². The van der Waals surface area contributed by atoms with Crippen LogP contribution in [0.15, 0.2) is 53.4 Å². The van der Waals surface area contributed by atoms with Crippen LogP contribution in [0.5, 0.6) is 5.75 Å². The van der Waals surface area contributed by atoms with Crippen molar-refractivity contribution < 1.29 is 31.5 Å². The van der Waals surface area contributed by atoms with Crippen LogP contribution in [0.25, 0.3) is 0 Å². The number of hydrogen-bond donors (Lipinski definition) is 2. The summed E-state index contributed by atoms with van der Waals surface area (Å²) in [6, 6.07) is 11.4. The number of carbonyl (C=O) groups is 2. The number of hydrogen-bond acceptors (Lipinski definition) is 5. The Kier molecular flexibility index (Phi) is 6.63. The Morgan fingerprint density at radius 3 is 2.70 bits per heavy atom. The first kappa shape index (κ1) is 21.7. The lowest BCUT2D eigenvalue weighted by molar-refractivity contribution is -0.122. The molecule has 0 aromatic heterocycles. The van der Waals surface area contributed by atoms with E-state index in [1.807, 2.05) is 0 Å². The Labute approximate surface area is 171 Å². The van der Waals surface area contributed by atoms with Gasteiger partial charge in [-0.25, -0.2) is 8.42 Å². The zero-order valence-corrected chi connectivity index (χ0v) is 16.5. The van der Waals surface area contributed by atoms with Gasteiger partial charge in [-0.15, -0.1) is 0 Å². The molecule has 2 aromatic carbocycles. The molecule has 1 fully saturated rings. The van der Waals surface area contributed by atoms with Crippen molar-refractivity contribution in [2.24, 2.45) is 0 Å². The third-order valence-electron chi connectivity index (χ3n) is 4.37. The van der Waals surface area contributed by atoms with Gasteiger partial charge in [-0.05, 0) is 24.3 Å². The molecule has 0 atom stereocenters. The fourth-order valence-electron chi connectivity index (χ4n) is 2.91. The summed E-state index contributed by atoms with van der Waals surface area (Å²) in [7, 11) is -3.95. The average molecular weight is 439 g/mol. The number of rotatable bonds is 7. The van der Waals surface area contributed by atoms with Gasteiger partial charge in [0.05, 0.1) is 11.4 Å². The minimum atomic E-state index is -3.95. The third-order valence-corrected chi connectivity index (χ3v) is 6.21. The summed E-state index contributed by atoms with van der Waals surface area (Å²) in [6.45, 7) is -3.05. The van der Waals surface area contributed by atoms with Gasteiger partial charge < -0.3 is 15.4 Å². The molecule has 8 nitrogen and oxygen atoms in total. The number of ether oxygens (including phenoxy) is 1. The number of carbonyl (C=O) groups excluding carboxylic acids is 2. The van der Waals surface area contributed by atoms with Gasteiger partial charge >= 0.3 is 6.61 Å². The van der Waals surface area contributed by atoms with E-state index >= 15 is 0 Å². The van der Waals surface area contributed by atoms with Crippen molar-refractivity contribution in [3.63, 3.8) is 0 Å². The highest BCUT2D eigenvalue weighted by Gasteiger charge is 2.29. The van der Waals surface area contributed by atoms with Crippen LogP contribution in [0.3, 0.4) is 0 Å². The van der Waals surface area contributed by atoms with Gasteiger partial charge in [-0.2, -0.15) is 13.1 Å². The van der Waals surface area contributed by atoms with Crippen molar-refractivity contribution >= 4 is 21.8 Å². The second-order valence-electron chi connectivity index (χ2n) is 6.39. The molecule has 1 saturated heterocycles. The van der Waals surface area contributed by atoms with Crippen LogP contribution in [0, 0.1) is 0 Å². The number of benzene rings is 2. The van der Waals surface area contributed by atoms with E-state index in [2.05, 4.69) is 15.4 Å². The van der Waals surface area contributed by atoms with E-state index in [4.69, 9.17) is 0 Å². The average Bonchev–Trinajstić information content (AvgIpc) is 2.72. The molecule has 0 bridgehead atoms. The molecule has 2 amide bonds. The number of para-hydroxylation sites is 1. The lowest BCUT2D eigenvalue weighted by Crippen LogP contribution is -2.49.